The van der Waals surface area contributed by atoms with Gasteiger partial charge in [-0.05, 0) is 19.9 Å². The molecule has 0 unspecified atom stereocenters. The highest BCUT2D eigenvalue weighted by Crippen LogP contribution is 2.17. The van der Waals surface area contributed by atoms with Crippen LogP contribution in [0.2, 0.25) is 0 Å². The van der Waals surface area contributed by atoms with Gasteiger partial charge in [-0.2, -0.15) is 0 Å². The third kappa shape index (κ3) is 3.57. The van der Waals surface area contributed by atoms with Gasteiger partial charge >= 0.3 is 0 Å². The summed E-state index contributed by atoms with van der Waals surface area (Å²) in [5.41, 5.74) is 0.400. The molecule has 0 saturated heterocycles. The summed E-state index contributed by atoms with van der Waals surface area (Å²) in [5.74, 6) is -1.15. The normalized spacial score (nSPS) is 15.0. The van der Waals surface area contributed by atoms with Crippen LogP contribution in [0, 0.1) is 11.6 Å². The first-order valence-corrected chi connectivity index (χ1v) is 4.87. The topological polar surface area (TPSA) is 32.3 Å². The van der Waals surface area contributed by atoms with Crippen LogP contribution in [0.15, 0.2) is 18.2 Å². The van der Waals surface area contributed by atoms with Crippen LogP contribution in [0.5, 0.6) is 0 Å². The zero-order chi connectivity index (χ0) is 11.4. The van der Waals surface area contributed by atoms with Crippen LogP contribution in [0.1, 0.15) is 25.5 Å². The van der Waals surface area contributed by atoms with E-state index >= 15 is 0 Å². The minimum Gasteiger partial charge on any atom is -0.392 e. The highest BCUT2D eigenvalue weighted by molar-refractivity contribution is 5.21. The fraction of sp³-hybridized carbons (Fsp3) is 0.455. The van der Waals surface area contributed by atoms with Crippen molar-refractivity contribution in [3.05, 3.63) is 35.4 Å². The number of nitrogens with one attached hydrogen (secondary N) is 1. The molecule has 0 fully saturated rings. The standard InChI is InChI=1S/C11H15F2NO/c1-7(15)6-14-8(2)10-4-3-9(12)5-11(10)13/h3-5,7-8,14-15H,6H2,1-2H3/t7-,8+/m1/s1. The molecule has 4 heteroatoms. The second-order valence-electron chi connectivity index (χ2n) is 3.64. The van der Waals surface area contributed by atoms with Gasteiger partial charge in [0, 0.05) is 24.2 Å². The van der Waals surface area contributed by atoms with Gasteiger partial charge in [-0.25, -0.2) is 8.78 Å². The van der Waals surface area contributed by atoms with Crippen molar-refractivity contribution in [3.63, 3.8) is 0 Å². The van der Waals surface area contributed by atoms with Crippen molar-refractivity contribution in [2.45, 2.75) is 26.0 Å². The van der Waals surface area contributed by atoms with Crippen molar-refractivity contribution < 1.29 is 13.9 Å². The fourth-order valence-corrected chi connectivity index (χ4v) is 1.31. The summed E-state index contributed by atoms with van der Waals surface area (Å²) in [4.78, 5) is 0. The number of aliphatic hydroxyl groups excluding tert-OH is 1. The van der Waals surface area contributed by atoms with E-state index in [4.69, 9.17) is 5.11 Å². The third-order valence-corrected chi connectivity index (χ3v) is 2.15. The molecular formula is C11H15F2NO. The second kappa shape index (κ2) is 5.19. The number of halogens is 2. The van der Waals surface area contributed by atoms with Crippen LogP contribution in [0.3, 0.4) is 0 Å². The first kappa shape index (κ1) is 12.1. The van der Waals surface area contributed by atoms with Gasteiger partial charge in [-0.3, -0.25) is 0 Å². The first-order chi connectivity index (χ1) is 7.00. The monoisotopic (exact) mass is 215 g/mol. The molecule has 2 nitrogen and oxygen atoms in total. The zero-order valence-electron chi connectivity index (χ0n) is 8.80. The Morgan fingerprint density at radius 2 is 2.00 bits per heavy atom. The maximum Gasteiger partial charge on any atom is 0.130 e. The maximum absolute atomic E-state index is 13.3. The van der Waals surface area contributed by atoms with Crippen molar-refractivity contribution in [2.75, 3.05) is 6.54 Å². The molecule has 84 valence electrons. The second-order valence-corrected chi connectivity index (χ2v) is 3.64. The number of rotatable bonds is 4. The lowest BCUT2D eigenvalue weighted by Gasteiger charge is -2.16. The van der Waals surface area contributed by atoms with Gasteiger partial charge in [0.05, 0.1) is 6.10 Å². The maximum atomic E-state index is 13.3. The molecule has 1 rings (SSSR count). The smallest absolute Gasteiger partial charge is 0.130 e. The molecule has 0 saturated carbocycles. The van der Waals surface area contributed by atoms with E-state index in [9.17, 15) is 8.78 Å². The van der Waals surface area contributed by atoms with E-state index in [-0.39, 0.29) is 6.04 Å². The quantitative estimate of drug-likeness (QED) is 0.805. The highest BCUT2D eigenvalue weighted by Gasteiger charge is 2.11. The summed E-state index contributed by atoms with van der Waals surface area (Å²) in [6, 6.07) is 3.24. The molecular weight excluding hydrogens is 200 g/mol. The van der Waals surface area contributed by atoms with E-state index in [1.165, 1.54) is 12.1 Å². The number of aliphatic hydroxyl groups is 1. The Balaban J connectivity index is 2.69. The average Bonchev–Trinajstić information content (AvgIpc) is 2.14. The van der Waals surface area contributed by atoms with Crippen molar-refractivity contribution in [1.29, 1.82) is 0 Å². The summed E-state index contributed by atoms with van der Waals surface area (Å²) in [5, 5.41) is 12.0. The molecule has 0 heterocycles. The minimum atomic E-state index is -0.584. The lowest BCUT2D eigenvalue weighted by Crippen LogP contribution is -2.27. The van der Waals surface area contributed by atoms with E-state index in [2.05, 4.69) is 5.32 Å². The summed E-state index contributed by atoms with van der Waals surface area (Å²) in [7, 11) is 0. The number of benzene rings is 1. The van der Waals surface area contributed by atoms with Crippen LogP contribution in [0.25, 0.3) is 0 Å². The Morgan fingerprint density at radius 3 is 2.53 bits per heavy atom. The summed E-state index contributed by atoms with van der Waals surface area (Å²) >= 11 is 0. The molecule has 2 N–H and O–H groups in total. The van der Waals surface area contributed by atoms with Crippen LogP contribution in [-0.2, 0) is 0 Å². The molecule has 0 aromatic heterocycles. The van der Waals surface area contributed by atoms with E-state index < -0.39 is 17.7 Å². The SMILES string of the molecule is C[C@H](NC[C@@H](C)O)c1ccc(F)cc1F. The first-order valence-electron chi connectivity index (χ1n) is 4.87. The van der Waals surface area contributed by atoms with Gasteiger partial charge in [0.1, 0.15) is 11.6 Å². The van der Waals surface area contributed by atoms with E-state index in [1.807, 2.05) is 0 Å². The summed E-state index contributed by atoms with van der Waals surface area (Å²) < 4.78 is 25.9. The van der Waals surface area contributed by atoms with Crippen LogP contribution < -0.4 is 5.32 Å². The molecule has 0 aliphatic rings. The molecule has 15 heavy (non-hydrogen) atoms. The zero-order valence-corrected chi connectivity index (χ0v) is 8.80. The minimum absolute atomic E-state index is 0.250. The lowest BCUT2D eigenvalue weighted by atomic mass is 10.1. The van der Waals surface area contributed by atoms with Crippen LogP contribution >= 0.6 is 0 Å². The van der Waals surface area contributed by atoms with Crippen molar-refractivity contribution >= 4 is 0 Å². The molecule has 1 aromatic rings. The molecule has 0 aliphatic carbocycles. The van der Waals surface area contributed by atoms with Gasteiger partial charge in [0.15, 0.2) is 0 Å². The highest BCUT2D eigenvalue weighted by atomic mass is 19.1. The Labute approximate surface area is 87.9 Å². The fourth-order valence-electron chi connectivity index (χ4n) is 1.31. The van der Waals surface area contributed by atoms with Gasteiger partial charge in [0.25, 0.3) is 0 Å². The Morgan fingerprint density at radius 1 is 1.33 bits per heavy atom. The lowest BCUT2D eigenvalue weighted by molar-refractivity contribution is 0.187. The predicted molar refractivity (Wildman–Crippen MR) is 54.5 cm³/mol. The molecule has 0 bridgehead atoms. The van der Waals surface area contributed by atoms with Crippen molar-refractivity contribution in [3.8, 4) is 0 Å². The Bertz CT molecular complexity index is 328. The largest absolute Gasteiger partial charge is 0.392 e. The summed E-state index contributed by atoms with van der Waals surface area (Å²) in [6.07, 6.45) is -0.490. The number of hydrogen-bond acceptors (Lipinski definition) is 2. The average molecular weight is 215 g/mol. The predicted octanol–water partition coefficient (Wildman–Crippen LogP) is 2.00. The third-order valence-electron chi connectivity index (χ3n) is 2.15. The summed E-state index contributed by atoms with van der Waals surface area (Å²) in [6.45, 7) is 3.78. The van der Waals surface area contributed by atoms with Crippen molar-refractivity contribution in [2.24, 2.45) is 0 Å². The molecule has 0 spiro atoms. The molecule has 2 atom stereocenters. The van der Waals surface area contributed by atoms with E-state index in [1.54, 1.807) is 13.8 Å². The van der Waals surface area contributed by atoms with E-state index in [0.717, 1.165) is 6.07 Å². The Hall–Kier alpha value is -1.00. The van der Waals surface area contributed by atoms with Gasteiger partial charge in [-0.15, -0.1) is 0 Å². The van der Waals surface area contributed by atoms with Gasteiger partial charge in [0.2, 0.25) is 0 Å². The van der Waals surface area contributed by atoms with E-state index in [0.29, 0.717) is 12.1 Å². The number of hydrogen-bond donors (Lipinski definition) is 2. The van der Waals surface area contributed by atoms with Gasteiger partial charge in [-0.1, -0.05) is 6.07 Å². The van der Waals surface area contributed by atoms with Crippen LogP contribution in [-0.4, -0.2) is 17.8 Å². The Kier molecular flexibility index (Phi) is 4.17. The molecule has 0 aliphatic heterocycles. The van der Waals surface area contributed by atoms with Crippen molar-refractivity contribution in [1.82, 2.24) is 5.32 Å². The molecule has 0 amide bonds. The molecule has 0 radical (unpaired) electrons. The van der Waals surface area contributed by atoms with Gasteiger partial charge < -0.3 is 10.4 Å². The van der Waals surface area contributed by atoms with Crippen LogP contribution in [0.4, 0.5) is 8.78 Å². The molecule has 1 aromatic carbocycles.